The first kappa shape index (κ1) is 16.2. The minimum absolute atomic E-state index is 0.00737. The molecule has 0 radical (unpaired) electrons. The third-order valence-corrected chi connectivity index (χ3v) is 4.24. The standard InChI is InChI=1S/C12H28N2OS/c1-6-12(9-13,10-15-4)14(3)11(2)7-8-16-5/h11H,6-10,13H2,1-5H3. The van der Waals surface area contributed by atoms with Crippen LogP contribution >= 0.6 is 11.8 Å². The average molecular weight is 248 g/mol. The Morgan fingerprint density at radius 3 is 2.50 bits per heavy atom. The summed E-state index contributed by atoms with van der Waals surface area (Å²) in [7, 11) is 3.92. The van der Waals surface area contributed by atoms with Gasteiger partial charge in [0.2, 0.25) is 0 Å². The predicted molar refractivity (Wildman–Crippen MR) is 74.2 cm³/mol. The van der Waals surface area contributed by atoms with E-state index < -0.39 is 0 Å². The van der Waals surface area contributed by atoms with Gasteiger partial charge >= 0.3 is 0 Å². The van der Waals surface area contributed by atoms with Crippen LogP contribution in [0.3, 0.4) is 0 Å². The van der Waals surface area contributed by atoms with Gasteiger partial charge in [0.25, 0.3) is 0 Å². The first-order chi connectivity index (χ1) is 7.57. The lowest BCUT2D eigenvalue weighted by Gasteiger charge is -2.43. The van der Waals surface area contributed by atoms with Crippen LogP contribution in [0.1, 0.15) is 26.7 Å². The molecule has 3 nitrogen and oxygen atoms in total. The van der Waals surface area contributed by atoms with Gasteiger partial charge in [-0.15, -0.1) is 0 Å². The summed E-state index contributed by atoms with van der Waals surface area (Å²) in [6.07, 6.45) is 4.37. The quantitative estimate of drug-likeness (QED) is 0.675. The Labute approximate surface area is 105 Å². The van der Waals surface area contributed by atoms with E-state index in [4.69, 9.17) is 10.5 Å². The van der Waals surface area contributed by atoms with E-state index in [9.17, 15) is 0 Å². The zero-order chi connectivity index (χ0) is 12.6. The van der Waals surface area contributed by atoms with Gasteiger partial charge in [-0.2, -0.15) is 11.8 Å². The molecule has 0 aliphatic rings. The van der Waals surface area contributed by atoms with Crippen molar-refractivity contribution in [3.8, 4) is 0 Å². The molecule has 4 heteroatoms. The SMILES string of the molecule is CCC(CN)(COC)N(C)C(C)CCSC. The van der Waals surface area contributed by atoms with Crippen LogP contribution in [0.4, 0.5) is 0 Å². The van der Waals surface area contributed by atoms with Gasteiger partial charge in [0, 0.05) is 19.7 Å². The number of nitrogens with two attached hydrogens (primary N) is 1. The molecule has 0 aromatic heterocycles. The molecule has 0 heterocycles. The van der Waals surface area contributed by atoms with Gasteiger partial charge in [0.15, 0.2) is 0 Å². The lowest BCUT2D eigenvalue weighted by molar-refractivity contribution is 0.00630. The predicted octanol–water partition coefficient (Wildman–Crippen LogP) is 1.81. The lowest BCUT2D eigenvalue weighted by atomic mass is 9.93. The monoisotopic (exact) mass is 248 g/mol. The molecule has 2 atom stereocenters. The van der Waals surface area contributed by atoms with Gasteiger partial charge < -0.3 is 10.5 Å². The van der Waals surface area contributed by atoms with E-state index in [-0.39, 0.29) is 5.54 Å². The van der Waals surface area contributed by atoms with Crippen molar-refractivity contribution in [3.05, 3.63) is 0 Å². The van der Waals surface area contributed by atoms with Crippen LogP contribution in [0, 0.1) is 0 Å². The molecular formula is C12H28N2OS. The number of ether oxygens (including phenoxy) is 1. The summed E-state index contributed by atoms with van der Waals surface area (Å²) >= 11 is 1.90. The van der Waals surface area contributed by atoms with Crippen molar-refractivity contribution in [2.45, 2.75) is 38.3 Å². The van der Waals surface area contributed by atoms with E-state index in [0.29, 0.717) is 19.2 Å². The normalized spacial score (nSPS) is 17.4. The summed E-state index contributed by atoms with van der Waals surface area (Å²) in [5, 5.41) is 0. The highest BCUT2D eigenvalue weighted by Crippen LogP contribution is 2.22. The molecule has 0 aliphatic heterocycles. The molecule has 0 aromatic carbocycles. The Morgan fingerprint density at radius 1 is 1.50 bits per heavy atom. The number of likely N-dealkylation sites (N-methyl/N-ethyl adjacent to an activating group) is 1. The van der Waals surface area contributed by atoms with E-state index in [0.717, 1.165) is 6.42 Å². The first-order valence-electron chi connectivity index (χ1n) is 5.98. The number of nitrogens with zero attached hydrogens (tertiary/aromatic N) is 1. The Hall–Kier alpha value is 0.230. The fourth-order valence-corrected chi connectivity index (χ4v) is 2.60. The topological polar surface area (TPSA) is 38.5 Å². The molecule has 0 aromatic rings. The maximum Gasteiger partial charge on any atom is 0.0658 e. The second kappa shape index (κ2) is 8.34. The molecule has 0 saturated heterocycles. The molecular weight excluding hydrogens is 220 g/mol. The van der Waals surface area contributed by atoms with Crippen molar-refractivity contribution in [2.75, 3.05) is 39.3 Å². The highest BCUT2D eigenvalue weighted by molar-refractivity contribution is 7.98. The average Bonchev–Trinajstić information content (AvgIpc) is 2.32. The first-order valence-corrected chi connectivity index (χ1v) is 7.38. The zero-order valence-corrected chi connectivity index (χ0v) is 12.3. The van der Waals surface area contributed by atoms with Crippen molar-refractivity contribution in [2.24, 2.45) is 5.73 Å². The summed E-state index contributed by atoms with van der Waals surface area (Å²) < 4.78 is 5.34. The Balaban J connectivity index is 4.51. The molecule has 98 valence electrons. The molecule has 0 bridgehead atoms. The number of methoxy groups -OCH3 is 1. The van der Waals surface area contributed by atoms with Crippen LogP contribution in [-0.4, -0.2) is 55.8 Å². The van der Waals surface area contributed by atoms with Gasteiger partial charge in [-0.1, -0.05) is 6.92 Å². The Bertz CT molecular complexity index is 174. The van der Waals surface area contributed by atoms with E-state index in [2.05, 4.69) is 32.1 Å². The summed E-state index contributed by atoms with van der Waals surface area (Å²) in [6.45, 7) is 5.81. The number of hydrogen-bond acceptors (Lipinski definition) is 4. The van der Waals surface area contributed by atoms with Gasteiger partial charge in [-0.05, 0) is 38.8 Å². The highest BCUT2D eigenvalue weighted by Gasteiger charge is 2.33. The summed E-state index contributed by atoms with van der Waals surface area (Å²) in [5.74, 6) is 1.20. The molecule has 0 amide bonds. The van der Waals surface area contributed by atoms with E-state index >= 15 is 0 Å². The van der Waals surface area contributed by atoms with Crippen LogP contribution in [0.25, 0.3) is 0 Å². The molecule has 16 heavy (non-hydrogen) atoms. The molecule has 0 saturated carbocycles. The number of hydrogen-bond donors (Lipinski definition) is 1. The van der Waals surface area contributed by atoms with Gasteiger partial charge in [-0.25, -0.2) is 0 Å². The smallest absolute Gasteiger partial charge is 0.0658 e. The zero-order valence-electron chi connectivity index (χ0n) is 11.5. The maximum atomic E-state index is 5.94. The van der Waals surface area contributed by atoms with Crippen molar-refractivity contribution in [3.63, 3.8) is 0 Å². The third-order valence-electron chi connectivity index (χ3n) is 3.60. The van der Waals surface area contributed by atoms with Gasteiger partial charge in [-0.3, -0.25) is 4.90 Å². The number of rotatable bonds is 9. The van der Waals surface area contributed by atoms with Gasteiger partial charge in [0.1, 0.15) is 0 Å². The minimum Gasteiger partial charge on any atom is -0.383 e. The molecule has 0 fully saturated rings. The van der Waals surface area contributed by atoms with Crippen molar-refractivity contribution < 1.29 is 4.74 Å². The lowest BCUT2D eigenvalue weighted by Crippen LogP contribution is -2.57. The van der Waals surface area contributed by atoms with E-state index in [1.807, 2.05) is 11.8 Å². The second-order valence-corrected chi connectivity index (χ2v) is 5.44. The van der Waals surface area contributed by atoms with Crippen molar-refractivity contribution in [1.29, 1.82) is 0 Å². The van der Waals surface area contributed by atoms with Crippen LogP contribution in [0.5, 0.6) is 0 Å². The molecule has 0 rings (SSSR count). The van der Waals surface area contributed by atoms with Crippen LogP contribution in [-0.2, 0) is 4.74 Å². The Morgan fingerprint density at radius 2 is 2.12 bits per heavy atom. The Kier molecular flexibility index (Phi) is 8.46. The number of thioether (sulfide) groups is 1. The molecule has 2 unspecified atom stereocenters. The largest absolute Gasteiger partial charge is 0.383 e. The van der Waals surface area contributed by atoms with E-state index in [1.165, 1.54) is 12.2 Å². The highest BCUT2D eigenvalue weighted by atomic mass is 32.2. The van der Waals surface area contributed by atoms with Gasteiger partial charge in [0.05, 0.1) is 12.1 Å². The van der Waals surface area contributed by atoms with Crippen LogP contribution in [0.2, 0.25) is 0 Å². The molecule has 0 spiro atoms. The third kappa shape index (κ3) is 4.24. The fourth-order valence-electron chi connectivity index (χ4n) is 2.02. The summed E-state index contributed by atoms with van der Waals surface area (Å²) in [5.41, 5.74) is 5.94. The minimum atomic E-state index is -0.00737. The maximum absolute atomic E-state index is 5.94. The second-order valence-electron chi connectivity index (χ2n) is 4.46. The van der Waals surface area contributed by atoms with Crippen LogP contribution in [0.15, 0.2) is 0 Å². The van der Waals surface area contributed by atoms with Crippen molar-refractivity contribution >= 4 is 11.8 Å². The summed E-state index contributed by atoms with van der Waals surface area (Å²) in [4.78, 5) is 2.40. The molecule has 0 aliphatic carbocycles. The molecule has 2 N–H and O–H groups in total. The summed E-state index contributed by atoms with van der Waals surface area (Å²) in [6, 6.07) is 0.547. The van der Waals surface area contributed by atoms with Crippen molar-refractivity contribution in [1.82, 2.24) is 4.90 Å². The fraction of sp³-hybridized carbons (Fsp3) is 1.00. The van der Waals surface area contributed by atoms with Crippen LogP contribution < -0.4 is 5.73 Å². The van der Waals surface area contributed by atoms with E-state index in [1.54, 1.807) is 7.11 Å².